The van der Waals surface area contributed by atoms with E-state index in [1.807, 2.05) is 0 Å². The zero-order valence-corrected chi connectivity index (χ0v) is 13.9. The molecule has 0 bridgehead atoms. The lowest BCUT2D eigenvalue weighted by molar-refractivity contribution is -0.0138. The van der Waals surface area contributed by atoms with Gasteiger partial charge in [-0.15, -0.1) is 0 Å². The van der Waals surface area contributed by atoms with Crippen LogP contribution < -0.4 is 5.32 Å². The van der Waals surface area contributed by atoms with Crippen LogP contribution in [0.2, 0.25) is 0 Å². The Morgan fingerprint density at radius 3 is 2.76 bits per heavy atom. The van der Waals surface area contributed by atoms with Gasteiger partial charge in [-0.3, -0.25) is 0 Å². The summed E-state index contributed by atoms with van der Waals surface area (Å²) in [5.74, 6) is 1.19. The van der Waals surface area contributed by atoms with E-state index in [4.69, 9.17) is 4.74 Å². The Morgan fingerprint density at radius 2 is 2.10 bits per heavy atom. The Labute approximate surface area is 130 Å². The highest BCUT2D eigenvalue weighted by Crippen LogP contribution is 2.32. The van der Waals surface area contributed by atoms with Crippen LogP contribution in [0.25, 0.3) is 0 Å². The van der Waals surface area contributed by atoms with Crippen molar-refractivity contribution in [3.8, 4) is 0 Å². The lowest BCUT2D eigenvalue weighted by Gasteiger charge is -2.43. The van der Waals surface area contributed by atoms with Crippen LogP contribution in [0.4, 0.5) is 0 Å². The minimum Gasteiger partial charge on any atom is -0.396 e. The monoisotopic (exact) mass is 298 g/mol. The van der Waals surface area contributed by atoms with Gasteiger partial charge in [-0.25, -0.2) is 0 Å². The van der Waals surface area contributed by atoms with Gasteiger partial charge in [-0.2, -0.15) is 0 Å². The number of nitrogens with zero attached hydrogens (tertiary/aromatic N) is 1. The average Bonchev–Trinajstić information content (AvgIpc) is 2.48. The summed E-state index contributed by atoms with van der Waals surface area (Å²) < 4.78 is 5.60. The predicted molar refractivity (Wildman–Crippen MR) is 86.4 cm³/mol. The quantitative estimate of drug-likeness (QED) is 0.751. The Morgan fingerprint density at radius 1 is 1.33 bits per heavy atom. The van der Waals surface area contributed by atoms with Crippen LogP contribution in [-0.4, -0.2) is 62.6 Å². The maximum Gasteiger partial charge on any atom is 0.0472 e. The number of ether oxygens (including phenoxy) is 1. The van der Waals surface area contributed by atoms with Gasteiger partial charge in [-0.1, -0.05) is 13.8 Å². The van der Waals surface area contributed by atoms with Gasteiger partial charge in [0.2, 0.25) is 0 Å². The number of aliphatic hydroxyl groups is 1. The van der Waals surface area contributed by atoms with Crippen LogP contribution >= 0.6 is 0 Å². The molecular weight excluding hydrogens is 264 g/mol. The van der Waals surface area contributed by atoms with E-state index in [0.29, 0.717) is 23.9 Å². The zero-order valence-electron chi connectivity index (χ0n) is 13.9. The first-order chi connectivity index (χ1) is 10.1. The van der Waals surface area contributed by atoms with E-state index < -0.39 is 0 Å². The molecule has 0 saturated carbocycles. The second-order valence-electron chi connectivity index (χ2n) is 7.56. The fraction of sp³-hybridized carbons (Fsp3) is 1.00. The first-order valence-electron chi connectivity index (χ1n) is 8.75. The molecule has 0 aromatic heterocycles. The molecule has 0 aliphatic carbocycles. The molecule has 1 atom stereocenters. The average molecular weight is 298 g/mol. The van der Waals surface area contributed by atoms with Crippen molar-refractivity contribution in [2.45, 2.75) is 39.5 Å². The van der Waals surface area contributed by atoms with E-state index in [2.05, 4.69) is 24.1 Å². The van der Waals surface area contributed by atoms with Crippen molar-refractivity contribution < 1.29 is 9.84 Å². The number of likely N-dealkylation sites (tertiary alicyclic amines) is 1. The number of hydrogen-bond acceptors (Lipinski definition) is 4. The summed E-state index contributed by atoms with van der Waals surface area (Å²) in [6.07, 6.45) is 4.75. The summed E-state index contributed by atoms with van der Waals surface area (Å²) in [4.78, 5) is 2.59. The SMILES string of the molecule is CC(C)CNCC1(CN2CCCC(CO)C2)CCOCC1. The highest BCUT2D eigenvalue weighted by molar-refractivity contribution is 4.89. The van der Waals surface area contributed by atoms with Gasteiger partial charge in [0.25, 0.3) is 0 Å². The lowest BCUT2D eigenvalue weighted by atomic mass is 9.78. The minimum atomic E-state index is 0.345. The predicted octanol–water partition coefficient (Wildman–Crippen LogP) is 1.73. The van der Waals surface area contributed by atoms with Crippen LogP contribution in [-0.2, 0) is 4.74 Å². The van der Waals surface area contributed by atoms with Gasteiger partial charge in [-0.05, 0) is 56.0 Å². The molecule has 0 aromatic rings. The topological polar surface area (TPSA) is 44.7 Å². The first-order valence-corrected chi connectivity index (χ1v) is 8.75. The molecular formula is C17H34N2O2. The normalized spacial score (nSPS) is 27.1. The van der Waals surface area contributed by atoms with Crippen LogP contribution in [0.5, 0.6) is 0 Å². The molecule has 21 heavy (non-hydrogen) atoms. The number of nitrogens with one attached hydrogen (secondary N) is 1. The molecule has 0 radical (unpaired) electrons. The lowest BCUT2D eigenvalue weighted by Crippen LogP contribution is -2.50. The molecule has 2 N–H and O–H groups in total. The molecule has 0 spiro atoms. The summed E-state index contributed by atoms with van der Waals surface area (Å²) >= 11 is 0. The number of rotatable bonds is 7. The third-order valence-corrected chi connectivity index (χ3v) is 5.03. The summed E-state index contributed by atoms with van der Waals surface area (Å²) in [6.45, 7) is 12.3. The van der Waals surface area contributed by atoms with Crippen LogP contribution in [0.1, 0.15) is 39.5 Å². The Balaban J connectivity index is 1.88. The third kappa shape index (κ3) is 5.51. The molecule has 2 aliphatic heterocycles. The summed E-state index contributed by atoms with van der Waals surface area (Å²) in [5.41, 5.74) is 0.366. The molecule has 4 heteroatoms. The van der Waals surface area contributed by atoms with E-state index in [-0.39, 0.29) is 0 Å². The van der Waals surface area contributed by atoms with E-state index in [0.717, 1.165) is 39.4 Å². The van der Waals surface area contributed by atoms with E-state index >= 15 is 0 Å². The molecule has 2 heterocycles. The summed E-state index contributed by atoms with van der Waals surface area (Å²) in [7, 11) is 0. The number of hydrogen-bond donors (Lipinski definition) is 2. The maximum absolute atomic E-state index is 9.42. The standard InChI is InChI=1S/C17H34N2O2/c1-15(2)10-18-13-17(5-8-21-9-6-17)14-19-7-3-4-16(11-19)12-20/h15-16,18,20H,3-14H2,1-2H3. The summed E-state index contributed by atoms with van der Waals surface area (Å²) in [5, 5.41) is 13.1. The van der Waals surface area contributed by atoms with Gasteiger partial charge >= 0.3 is 0 Å². The molecule has 2 saturated heterocycles. The molecule has 2 rings (SSSR count). The highest BCUT2D eigenvalue weighted by Gasteiger charge is 2.35. The van der Waals surface area contributed by atoms with Crippen LogP contribution in [0.15, 0.2) is 0 Å². The van der Waals surface area contributed by atoms with Gasteiger partial charge < -0.3 is 20.1 Å². The summed E-state index contributed by atoms with van der Waals surface area (Å²) in [6, 6.07) is 0. The Kier molecular flexibility index (Phi) is 6.93. The molecule has 2 fully saturated rings. The van der Waals surface area contributed by atoms with Gasteiger partial charge in [0.05, 0.1) is 0 Å². The molecule has 2 aliphatic rings. The second-order valence-corrected chi connectivity index (χ2v) is 7.56. The molecule has 0 aromatic carbocycles. The van der Waals surface area contributed by atoms with Crippen molar-refractivity contribution in [3.63, 3.8) is 0 Å². The molecule has 0 amide bonds. The van der Waals surface area contributed by atoms with Crippen LogP contribution in [0.3, 0.4) is 0 Å². The molecule has 1 unspecified atom stereocenters. The largest absolute Gasteiger partial charge is 0.396 e. The maximum atomic E-state index is 9.42. The van der Waals surface area contributed by atoms with Crippen molar-refractivity contribution in [1.82, 2.24) is 10.2 Å². The van der Waals surface area contributed by atoms with E-state index in [9.17, 15) is 5.11 Å². The fourth-order valence-electron chi connectivity index (χ4n) is 3.74. The van der Waals surface area contributed by atoms with E-state index in [1.165, 1.54) is 32.2 Å². The first kappa shape index (κ1) is 17.2. The van der Waals surface area contributed by atoms with Gasteiger partial charge in [0, 0.05) is 39.5 Å². The van der Waals surface area contributed by atoms with Gasteiger partial charge in [0.15, 0.2) is 0 Å². The smallest absolute Gasteiger partial charge is 0.0472 e. The van der Waals surface area contributed by atoms with Crippen molar-refractivity contribution in [3.05, 3.63) is 0 Å². The highest BCUT2D eigenvalue weighted by atomic mass is 16.5. The van der Waals surface area contributed by atoms with Crippen molar-refractivity contribution in [2.75, 3.05) is 52.5 Å². The van der Waals surface area contributed by atoms with Crippen molar-refractivity contribution >= 4 is 0 Å². The minimum absolute atomic E-state index is 0.345. The molecule has 4 nitrogen and oxygen atoms in total. The van der Waals surface area contributed by atoms with Crippen molar-refractivity contribution in [2.24, 2.45) is 17.3 Å². The van der Waals surface area contributed by atoms with Crippen molar-refractivity contribution in [1.29, 1.82) is 0 Å². The number of aliphatic hydroxyl groups excluding tert-OH is 1. The molecule has 124 valence electrons. The Hall–Kier alpha value is -0.160. The number of piperidine rings is 1. The Bertz CT molecular complexity index is 291. The second kappa shape index (κ2) is 8.47. The fourth-order valence-corrected chi connectivity index (χ4v) is 3.74. The van der Waals surface area contributed by atoms with E-state index in [1.54, 1.807) is 0 Å². The third-order valence-electron chi connectivity index (χ3n) is 5.03. The van der Waals surface area contributed by atoms with Gasteiger partial charge in [0.1, 0.15) is 0 Å². The zero-order chi connectivity index (χ0) is 15.1. The van der Waals surface area contributed by atoms with Crippen LogP contribution in [0, 0.1) is 17.3 Å².